The molecule has 27 heavy (non-hydrogen) atoms. The van der Waals surface area contributed by atoms with Crippen molar-refractivity contribution in [3.63, 3.8) is 0 Å². The van der Waals surface area contributed by atoms with Crippen LogP contribution >= 0.6 is 11.6 Å². The SMILES string of the molecule is CC(=O)Nc1cccc(C(=O)/C=C/c2c(C)nn(-c3ccccc3)c2Cl)c1. The molecule has 3 rings (SSSR count). The standard InChI is InChI=1S/C21H18ClN3O2/c1-14-19(21(22)25(24-14)18-9-4-3-5-10-18)11-12-20(27)16-7-6-8-17(13-16)23-15(2)26/h3-13H,1-2H3,(H,23,26)/b12-11+. The predicted molar refractivity (Wildman–Crippen MR) is 107 cm³/mol. The number of carbonyl (C=O) groups is 2. The van der Waals surface area contributed by atoms with E-state index in [1.54, 1.807) is 35.0 Å². The Morgan fingerprint density at radius 3 is 2.56 bits per heavy atom. The van der Waals surface area contributed by atoms with Crippen LogP contribution in [0.2, 0.25) is 5.15 Å². The van der Waals surface area contributed by atoms with E-state index in [2.05, 4.69) is 10.4 Å². The van der Waals surface area contributed by atoms with E-state index in [1.165, 1.54) is 13.0 Å². The Hall–Kier alpha value is -3.18. The number of hydrogen-bond acceptors (Lipinski definition) is 3. The van der Waals surface area contributed by atoms with Crippen LogP contribution in [0, 0.1) is 6.92 Å². The van der Waals surface area contributed by atoms with Gasteiger partial charge in [0.25, 0.3) is 0 Å². The lowest BCUT2D eigenvalue weighted by Gasteiger charge is -2.03. The van der Waals surface area contributed by atoms with Crippen molar-refractivity contribution >= 4 is 35.1 Å². The van der Waals surface area contributed by atoms with Crippen LogP contribution in [0.3, 0.4) is 0 Å². The van der Waals surface area contributed by atoms with Gasteiger partial charge in [0.2, 0.25) is 5.91 Å². The molecule has 0 aliphatic carbocycles. The Labute approximate surface area is 162 Å². The number of para-hydroxylation sites is 1. The number of carbonyl (C=O) groups excluding carboxylic acids is 2. The summed E-state index contributed by atoms with van der Waals surface area (Å²) in [5.74, 6) is -0.379. The van der Waals surface area contributed by atoms with Crippen LogP contribution < -0.4 is 5.32 Å². The number of nitrogens with zero attached hydrogens (tertiary/aromatic N) is 2. The van der Waals surface area contributed by atoms with E-state index in [9.17, 15) is 9.59 Å². The van der Waals surface area contributed by atoms with Gasteiger partial charge in [-0.2, -0.15) is 5.10 Å². The van der Waals surface area contributed by atoms with E-state index in [0.29, 0.717) is 22.0 Å². The van der Waals surface area contributed by atoms with Gasteiger partial charge in [0.15, 0.2) is 5.78 Å². The van der Waals surface area contributed by atoms with Crippen molar-refractivity contribution in [3.05, 3.63) is 82.6 Å². The molecule has 3 aromatic rings. The third-order valence-corrected chi connectivity index (χ3v) is 4.28. The Morgan fingerprint density at radius 2 is 1.85 bits per heavy atom. The third kappa shape index (κ3) is 4.33. The minimum absolute atomic E-state index is 0.189. The number of halogens is 1. The Balaban J connectivity index is 1.85. The fourth-order valence-corrected chi connectivity index (χ4v) is 2.98. The van der Waals surface area contributed by atoms with E-state index in [0.717, 1.165) is 11.4 Å². The van der Waals surface area contributed by atoms with Crippen LogP contribution in [0.1, 0.15) is 28.5 Å². The minimum Gasteiger partial charge on any atom is -0.326 e. The lowest BCUT2D eigenvalue weighted by atomic mass is 10.1. The highest BCUT2D eigenvalue weighted by Gasteiger charge is 2.13. The molecule has 2 aromatic carbocycles. The first-order valence-electron chi connectivity index (χ1n) is 8.36. The maximum absolute atomic E-state index is 12.5. The molecule has 1 aromatic heterocycles. The number of allylic oxidation sites excluding steroid dienone is 1. The second-order valence-electron chi connectivity index (χ2n) is 6.00. The number of rotatable bonds is 5. The van der Waals surface area contributed by atoms with Crippen molar-refractivity contribution in [2.75, 3.05) is 5.32 Å². The first kappa shape index (κ1) is 18.6. The average Bonchev–Trinajstić information content (AvgIpc) is 2.94. The number of ketones is 1. The van der Waals surface area contributed by atoms with Crippen molar-refractivity contribution in [2.24, 2.45) is 0 Å². The zero-order valence-corrected chi connectivity index (χ0v) is 15.7. The molecule has 136 valence electrons. The van der Waals surface area contributed by atoms with Crippen molar-refractivity contribution < 1.29 is 9.59 Å². The fourth-order valence-electron chi connectivity index (χ4n) is 2.65. The van der Waals surface area contributed by atoms with Gasteiger partial charge in [-0.05, 0) is 43.3 Å². The normalized spacial score (nSPS) is 10.9. The van der Waals surface area contributed by atoms with Crippen molar-refractivity contribution in [2.45, 2.75) is 13.8 Å². The second kappa shape index (κ2) is 8.01. The number of amides is 1. The second-order valence-corrected chi connectivity index (χ2v) is 6.35. The largest absolute Gasteiger partial charge is 0.326 e. The molecule has 0 aliphatic heterocycles. The van der Waals surface area contributed by atoms with Gasteiger partial charge < -0.3 is 5.32 Å². The lowest BCUT2D eigenvalue weighted by molar-refractivity contribution is -0.114. The quantitative estimate of drug-likeness (QED) is 0.516. The van der Waals surface area contributed by atoms with Gasteiger partial charge in [-0.3, -0.25) is 9.59 Å². The van der Waals surface area contributed by atoms with E-state index in [4.69, 9.17) is 11.6 Å². The summed E-state index contributed by atoms with van der Waals surface area (Å²) in [5, 5.41) is 7.56. The predicted octanol–water partition coefficient (Wildman–Crippen LogP) is 4.69. The molecule has 0 saturated heterocycles. The molecule has 1 heterocycles. The number of nitrogens with one attached hydrogen (secondary N) is 1. The number of aromatic nitrogens is 2. The molecule has 1 N–H and O–H groups in total. The maximum atomic E-state index is 12.5. The van der Waals surface area contributed by atoms with E-state index >= 15 is 0 Å². The van der Waals surface area contributed by atoms with Crippen molar-refractivity contribution in [1.82, 2.24) is 9.78 Å². The molecule has 0 atom stereocenters. The lowest BCUT2D eigenvalue weighted by Crippen LogP contribution is -2.06. The maximum Gasteiger partial charge on any atom is 0.221 e. The molecule has 0 fully saturated rings. The Morgan fingerprint density at radius 1 is 1.11 bits per heavy atom. The van der Waals surface area contributed by atoms with Crippen LogP contribution in [0.25, 0.3) is 11.8 Å². The van der Waals surface area contributed by atoms with Crippen LogP contribution in [0.15, 0.2) is 60.7 Å². The van der Waals surface area contributed by atoms with Crippen LogP contribution in [-0.4, -0.2) is 21.5 Å². The summed E-state index contributed by atoms with van der Waals surface area (Å²) in [6, 6.07) is 16.3. The smallest absolute Gasteiger partial charge is 0.221 e. The van der Waals surface area contributed by atoms with Crippen LogP contribution in [-0.2, 0) is 4.79 Å². The average molecular weight is 380 g/mol. The molecule has 0 saturated carbocycles. The summed E-state index contributed by atoms with van der Waals surface area (Å²) < 4.78 is 1.64. The molecule has 0 spiro atoms. The van der Waals surface area contributed by atoms with Crippen LogP contribution in [0.5, 0.6) is 0 Å². The first-order valence-corrected chi connectivity index (χ1v) is 8.74. The zero-order valence-electron chi connectivity index (χ0n) is 14.9. The topological polar surface area (TPSA) is 64.0 Å². The molecule has 0 bridgehead atoms. The summed E-state index contributed by atoms with van der Waals surface area (Å²) in [4.78, 5) is 23.7. The molecular weight excluding hydrogens is 362 g/mol. The summed E-state index contributed by atoms with van der Waals surface area (Å²) >= 11 is 6.47. The summed E-state index contributed by atoms with van der Waals surface area (Å²) in [6.07, 6.45) is 3.12. The molecular formula is C21H18ClN3O2. The Bertz CT molecular complexity index is 1020. The number of aryl methyl sites for hydroxylation is 1. The van der Waals surface area contributed by atoms with Gasteiger partial charge in [0.1, 0.15) is 5.15 Å². The third-order valence-electron chi connectivity index (χ3n) is 3.92. The van der Waals surface area contributed by atoms with E-state index < -0.39 is 0 Å². The highest BCUT2D eigenvalue weighted by molar-refractivity contribution is 6.31. The number of benzene rings is 2. The van der Waals surface area contributed by atoms with E-state index in [-0.39, 0.29) is 11.7 Å². The number of anilines is 1. The van der Waals surface area contributed by atoms with Gasteiger partial charge >= 0.3 is 0 Å². The summed E-state index contributed by atoms with van der Waals surface area (Å²) in [6.45, 7) is 3.26. The van der Waals surface area contributed by atoms with Gasteiger partial charge in [-0.1, -0.05) is 41.9 Å². The van der Waals surface area contributed by atoms with Crippen molar-refractivity contribution in [1.29, 1.82) is 0 Å². The van der Waals surface area contributed by atoms with E-state index in [1.807, 2.05) is 37.3 Å². The van der Waals surface area contributed by atoms with Gasteiger partial charge in [-0.15, -0.1) is 0 Å². The molecule has 0 aliphatic rings. The fraction of sp³-hybridized carbons (Fsp3) is 0.0952. The highest BCUT2D eigenvalue weighted by atomic mass is 35.5. The molecule has 6 heteroatoms. The molecule has 5 nitrogen and oxygen atoms in total. The Kier molecular flexibility index (Phi) is 5.52. The summed E-state index contributed by atoms with van der Waals surface area (Å²) in [5.41, 5.74) is 3.31. The zero-order chi connectivity index (χ0) is 19.4. The van der Waals surface area contributed by atoms with Crippen LogP contribution in [0.4, 0.5) is 5.69 Å². The van der Waals surface area contributed by atoms with Gasteiger partial charge in [0.05, 0.1) is 11.4 Å². The molecule has 1 amide bonds. The first-order chi connectivity index (χ1) is 13.0. The molecule has 0 unspecified atom stereocenters. The van der Waals surface area contributed by atoms with Gasteiger partial charge in [-0.25, -0.2) is 4.68 Å². The number of hydrogen-bond donors (Lipinski definition) is 1. The monoisotopic (exact) mass is 379 g/mol. The van der Waals surface area contributed by atoms with Gasteiger partial charge in [0, 0.05) is 23.7 Å². The summed E-state index contributed by atoms with van der Waals surface area (Å²) in [7, 11) is 0. The molecule has 0 radical (unpaired) electrons. The highest BCUT2D eigenvalue weighted by Crippen LogP contribution is 2.25. The van der Waals surface area contributed by atoms with Crippen molar-refractivity contribution in [3.8, 4) is 5.69 Å². The minimum atomic E-state index is -0.190.